The molecule has 0 aliphatic carbocycles. The molecule has 0 aliphatic heterocycles. The molecule has 0 saturated heterocycles. The molecule has 0 bridgehead atoms. The fourth-order valence-electron chi connectivity index (χ4n) is 2.11. The van der Waals surface area contributed by atoms with Gasteiger partial charge < -0.3 is 16.0 Å². The van der Waals surface area contributed by atoms with Gasteiger partial charge in [0.05, 0.1) is 0 Å². The second kappa shape index (κ2) is 13.9. The Morgan fingerprint density at radius 1 is 1.13 bits per heavy atom. The highest BCUT2D eigenvalue weighted by atomic mass is 127. The van der Waals surface area contributed by atoms with E-state index in [1.165, 1.54) is 25.7 Å². The maximum atomic E-state index is 11.8. The third kappa shape index (κ3) is 16.1. The summed E-state index contributed by atoms with van der Waals surface area (Å²) in [4.78, 5) is 16.2. The number of hydrogen-bond acceptors (Lipinski definition) is 2. The van der Waals surface area contributed by atoms with Crippen LogP contribution in [0, 0.1) is 0 Å². The minimum Gasteiger partial charge on any atom is -0.357 e. The monoisotopic (exact) mass is 440 g/mol. The molecule has 0 rings (SSSR count). The first-order valence-corrected chi connectivity index (χ1v) is 8.64. The summed E-state index contributed by atoms with van der Waals surface area (Å²) in [7, 11) is 0. The molecule has 0 heterocycles. The van der Waals surface area contributed by atoms with Gasteiger partial charge in [-0.2, -0.15) is 0 Å². The maximum Gasteiger partial charge on any atom is 0.242 e. The van der Waals surface area contributed by atoms with E-state index in [0.717, 1.165) is 18.9 Å². The first-order chi connectivity index (χ1) is 10.3. The molecule has 0 aromatic heterocycles. The summed E-state index contributed by atoms with van der Waals surface area (Å²) < 4.78 is 0. The number of nitrogens with one attached hydrogen (secondary N) is 3. The molecule has 23 heavy (non-hydrogen) atoms. The number of halogens is 1. The van der Waals surface area contributed by atoms with Crippen LogP contribution in [0.3, 0.4) is 0 Å². The van der Waals surface area contributed by atoms with Crippen LogP contribution in [0.2, 0.25) is 0 Å². The molecule has 0 aromatic carbocycles. The first kappa shape index (κ1) is 24.7. The predicted molar refractivity (Wildman–Crippen MR) is 111 cm³/mol. The van der Waals surface area contributed by atoms with E-state index in [2.05, 4.69) is 34.8 Å². The van der Waals surface area contributed by atoms with Crippen molar-refractivity contribution in [1.82, 2.24) is 16.0 Å². The van der Waals surface area contributed by atoms with Crippen molar-refractivity contribution in [2.45, 2.75) is 85.2 Å². The zero-order valence-corrected chi connectivity index (χ0v) is 18.1. The molecule has 1 unspecified atom stereocenters. The SMILES string of the molecule is CCCCCCC(C)NC(=NCC(=O)NC(C)(C)C)NCC.I. The van der Waals surface area contributed by atoms with Crippen molar-refractivity contribution >= 4 is 35.8 Å². The molecule has 1 amide bonds. The van der Waals surface area contributed by atoms with Crippen molar-refractivity contribution in [3.63, 3.8) is 0 Å². The maximum absolute atomic E-state index is 11.8. The summed E-state index contributed by atoms with van der Waals surface area (Å²) in [6, 6.07) is 0.361. The Kier molecular flexibility index (Phi) is 14.9. The average Bonchev–Trinajstić information content (AvgIpc) is 2.39. The zero-order chi connectivity index (χ0) is 17.0. The summed E-state index contributed by atoms with van der Waals surface area (Å²) in [6.07, 6.45) is 6.19. The molecular weight excluding hydrogens is 403 g/mol. The summed E-state index contributed by atoms with van der Waals surface area (Å²) in [5.74, 6) is 0.662. The quantitative estimate of drug-likeness (QED) is 0.223. The number of hydrogen-bond donors (Lipinski definition) is 3. The third-order valence-corrected chi connectivity index (χ3v) is 3.11. The van der Waals surface area contributed by atoms with Gasteiger partial charge in [0.2, 0.25) is 5.91 Å². The summed E-state index contributed by atoms with van der Waals surface area (Å²) in [5, 5.41) is 9.48. The van der Waals surface area contributed by atoms with E-state index in [0.29, 0.717) is 6.04 Å². The number of carbonyl (C=O) groups is 1. The number of aliphatic imine (C=N–C) groups is 1. The zero-order valence-electron chi connectivity index (χ0n) is 15.8. The van der Waals surface area contributed by atoms with Crippen molar-refractivity contribution in [1.29, 1.82) is 0 Å². The van der Waals surface area contributed by atoms with E-state index in [1.807, 2.05) is 27.7 Å². The molecule has 3 N–H and O–H groups in total. The highest BCUT2D eigenvalue weighted by Crippen LogP contribution is 2.05. The van der Waals surface area contributed by atoms with Crippen molar-refractivity contribution in [3.8, 4) is 0 Å². The third-order valence-electron chi connectivity index (χ3n) is 3.11. The molecule has 6 heteroatoms. The average molecular weight is 440 g/mol. The van der Waals surface area contributed by atoms with Gasteiger partial charge in [-0.05, 0) is 41.0 Å². The van der Waals surface area contributed by atoms with Crippen LogP contribution in [0.25, 0.3) is 0 Å². The van der Waals surface area contributed by atoms with Gasteiger partial charge in [0, 0.05) is 18.1 Å². The predicted octanol–water partition coefficient (Wildman–Crippen LogP) is 3.43. The van der Waals surface area contributed by atoms with E-state index < -0.39 is 0 Å². The Bertz CT molecular complexity index is 340. The lowest BCUT2D eigenvalue weighted by atomic mass is 10.1. The first-order valence-electron chi connectivity index (χ1n) is 8.64. The Morgan fingerprint density at radius 3 is 2.30 bits per heavy atom. The Morgan fingerprint density at radius 2 is 1.78 bits per heavy atom. The fourth-order valence-corrected chi connectivity index (χ4v) is 2.11. The summed E-state index contributed by atoms with van der Waals surface area (Å²) in [5.41, 5.74) is -0.217. The number of rotatable bonds is 9. The van der Waals surface area contributed by atoms with E-state index in [-0.39, 0.29) is 42.0 Å². The molecule has 1 atom stereocenters. The highest BCUT2D eigenvalue weighted by molar-refractivity contribution is 14.0. The molecule has 0 aliphatic rings. The van der Waals surface area contributed by atoms with Gasteiger partial charge in [-0.25, -0.2) is 4.99 Å². The largest absolute Gasteiger partial charge is 0.357 e. The van der Waals surface area contributed by atoms with Crippen LogP contribution in [-0.4, -0.2) is 36.5 Å². The van der Waals surface area contributed by atoms with Gasteiger partial charge in [-0.3, -0.25) is 4.79 Å². The van der Waals surface area contributed by atoms with Crippen molar-refractivity contribution in [2.24, 2.45) is 4.99 Å². The van der Waals surface area contributed by atoms with E-state index in [1.54, 1.807) is 0 Å². The van der Waals surface area contributed by atoms with Crippen molar-refractivity contribution in [2.75, 3.05) is 13.1 Å². The molecule has 138 valence electrons. The Labute approximate surface area is 159 Å². The fraction of sp³-hybridized carbons (Fsp3) is 0.882. The summed E-state index contributed by atoms with van der Waals surface area (Å²) in [6.45, 7) is 13.3. The Balaban J connectivity index is 0. The molecule has 0 radical (unpaired) electrons. The Hall–Kier alpha value is -0.530. The standard InChI is InChI=1S/C17H36N4O.HI/c1-7-9-10-11-12-14(3)20-16(18-8-2)19-13-15(22)21-17(4,5)6;/h14H,7-13H2,1-6H3,(H,21,22)(H2,18,19,20);1H. The van der Waals surface area contributed by atoms with Crippen LogP contribution in [0.5, 0.6) is 0 Å². The molecule has 0 fully saturated rings. The van der Waals surface area contributed by atoms with Gasteiger partial charge in [-0.15, -0.1) is 24.0 Å². The van der Waals surface area contributed by atoms with Crippen LogP contribution in [0.15, 0.2) is 4.99 Å². The molecule has 0 spiro atoms. The number of amides is 1. The van der Waals surface area contributed by atoms with Crippen LogP contribution in [-0.2, 0) is 4.79 Å². The van der Waals surface area contributed by atoms with Gasteiger partial charge in [0.25, 0.3) is 0 Å². The van der Waals surface area contributed by atoms with E-state index in [4.69, 9.17) is 0 Å². The normalized spacial score (nSPS) is 13.0. The van der Waals surface area contributed by atoms with Crippen molar-refractivity contribution < 1.29 is 4.79 Å². The highest BCUT2D eigenvalue weighted by Gasteiger charge is 2.13. The molecule has 0 aromatic rings. The lowest BCUT2D eigenvalue weighted by molar-refractivity contribution is -0.121. The van der Waals surface area contributed by atoms with E-state index >= 15 is 0 Å². The lowest BCUT2D eigenvalue weighted by Gasteiger charge is -2.20. The molecule has 5 nitrogen and oxygen atoms in total. The van der Waals surface area contributed by atoms with Gasteiger partial charge >= 0.3 is 0 Å². The number of guanidine groups is 1. The van der Waals surface area contributed by atoms with Crippen LogP contribution >= 0.6 is 24.0 Å². The smallest absolute Gasteiger partial charge is 0.242 e. The second-order valence-corrected chi connectivity index (χ2v) is 6.89. The van der Waals surface area contributed by atoms with Crippen LogP contribution in [0.1, 0.15) is 73.6 Å². The summed E-state index contributed by atoms with van der Waals surface area (Å²) >= 11 is 0. The lowest BCUT2D eigenvalue weighted by Crippen LogP contribution is -2.44. The number of nitrogens with zero attached hydrogens (tertiary/aromatic N) is 1. The minimum atomic E-state index is -0.217. The minimum absolute atomic E-state index is 0. The molecule has 0 saturated carbocycles. The van der Waals surface area contributed by atoms with Crippen LogP contribution < -0.4 is 16.0 Å². The topological polar surface area (TPSA) is 65.5 Å². The number of carbonyl (C=O) groups excluding carboxylic acids is 1. The number of unbranched alkanes of at least 4 members (excludes halogenated alkanes) is 3. The van der Waals surface area contributed by atoms with Crippen molar-refractivity contribution in [3.05, 3.63) is 0 Å². The molecular formula is C17H37IN4O. The van der Waals surface area contributed by atoms with Crippen LogP contribution in [0.4, 0.5) is 0 Å². The second-order valence-electron chi connectivity index (χ2n) is 6.89. The van der Waals surface area contributed by atoms with Gasteiger partial charge in [-0.1, -0.05) is 32.6 Å². The van der Waals surface area contributed by atoms with Gasteiger partial charge in [0.15, 0.2) is 5.96 Å². The van der Waals surface area contributed by atoms with E-state index in [9.17, 15) is 4.79 Å². The van der Waals surface area contributed by atoms with Gasteiger partial charge in [0.1, 0.15) is 6.54 Å².